The number of hydrogen-bond donors (Lipinski definition) is 1. The van der Waals surface area contributed by atoms with Crippen molar-refractivity contribution in [3.05, 3.63) is 23.5 Å². The molecule has 3 heteroatoms. The second kappa shape index (κ2) is 4.19. The molecule has 1 saturated carbocycles. The summed E-state index contributed by atoms with van der Waals surface area (Å²) in [4.78, 5) is 4.30. The highest BCUT2D eigenvalue weighted by atomic mass is 16.5. The largest absolute Gasteiger partial charge is 0.490 e. The summed E-state index contributed by atoms with van der Waals surface area (Å²) in [6, 6.07) is 1.98. The Bertz CT molecular complexity index is 345. The van der Waals surface area contributed by atoms with Crippen molar-refractivity contribution in [1.82, 2.24) is 4.98 Å². The molecule has 0 unspecified atom stereocenters. The van der Waals surface area contributed by atoms with Gasteiger partial charge >= 0.3 is 0 Å². The molecule has 1 aliphatic carbocycles. The van der Waals surface area contributed by atoms with E-state index >= 15 is 0 Å². The molecule has 0 aromatic carbocycles. The molecule has 1 fully saturated rings. The molecule has 0 bridgehead atoms. The summed E-state index contributed by atoms with van der Waals surface area (Å²) >= 11 is 0. The molecule has 0 radical (unpaired) electrons. The standard InChI is InChI=1S/C12H18N2O/c1-8(2)11-7-14-9(6-13)5-12(11)15-10-3-4-10/h5,7-8,10H,3-4,6,13H2,1-2H3. The predicted octanol–water partition coefficient (Wildman–Crippen LogP) is 2.20. The van der Waals surface area contributed by atoms with Crippen LogP contribution in [0.1, 0.15) is 43.9 Å². The van der Waals surface area contributed by atoms with Crippen molar-refractivity contribution in [2.75, 3.05) is 0 Å². The van der Waals surface area contributed by atoms with Gasteiger partial charge in [0.1, 0.15) is 5.75 Å². The lowest BCUT2D eigenvalue weighted by Crippen LogP contribution is -2.05. The number of nitrogens with two attached hydrogens (primary N) is 1. The third-order valence-corrected chi connectivity index (χ3v) is 2.60. The average molecular weight is 206 g/mol. The minimum atomic E-state index is 0.426. The topological polar surface area (TPSA) is 48.1 Å². The zero-order chi connectivity index (χ0) is 10.8. The van der Waals surface area contributed by atoms with E-state index in [2.05, 4.69) is 18.8 Å². The number of rotatable bonds is 4. The van der Waals surface area contributed by atoms with Crippen molar-refractivity contribution in [3.8, 4) is 5.75 Å². The van der Waals surface area contributed by atoms with Crippen molar-refractivity contribution >= 4 is 0 Å². The van der Waals surface area contributed by atoms with E-state index in [0.717, 1.165) is 11.4 Å². The fourth-order valence-corrected chi connectivity index (χ4v) is 1.50. The van der Waals surface area contributed by atoms with E-state index < -0.39 is 0 Å². The SMILES string of the molecule is CC(C)c1cnc(CN)cc1OC1CC1. The maximum Gasteiger partial charge on any atom is 0.126 e. The Morgan fingerprint density at radius 3 is 2.80 bits per heavy atom. The van der Waals surface area contributed by atoms with E-state index in [4.69, 9.17) is 10.5 Å². The number of aromatic nitrogens is 1. The number of pyridine rings is 1. The molecule has 0 spiro atoms. The molecule has 1 aromatic rings. The highest BCUT2D eigenvalue weighted by molar-refractivity contribution is 5.35. The lowest BCUT2D eigenvalue weighted by molar-refractivity contribution is 0.298. The van der Waals surface area contributed by atoms with E-state index in [1.165, 1.54) is 18.4 Å². The molecule has 3 nitrogen and oxygen atoms in total. The Hall–Kier alpha value is -1.09. The van der Waals surface area contributed by atoms with Gasteiger partial charge in [0.2, 0.25) is 0 Å². The molecular formula is C12H18N2O. The van der Waals surface area contributed by atoms with Crippen LogP contribution in [0, 0.1) is 0 Å². The maximum absolute atomic E-state index is 5.86. The summed E-state index contributed by atoms with van der Waals surface area (Å²) in [7, 11) is 0. The van der Waals surface area contributed by atoms with E-state index in [1.54, 1.807) is 0 Å². The van der Waals surface area contributed by atoms with Crippen molar-refractivity contribution in [1.29, 1.82) is 0 Å². The molecule has 0 amide bonds. The van der Waals surface area contributed by atoms with Gasteiger partial charge < -0.3 is 10.5 Å². The Labute approximate surface area is 90.7 Å². The lowest BCUT2D eigenvalue weighted by atomic mass is 10.0. The smallest absolute Gasteiger partial charge is 0.126 e. The molecule has 1 aliphatic rings. The highest BCUT2D eigenvalue weighted by Gasteiger charge is 2.25. The van der Waals surface area contributed by atoms with Gasteiger partial charge in [0.25, 0.3) is 0 Å². The van der Waals surface area contributed by atoms with Gasteiger partial charge in [-0.25, -0.2) is 0 Å². The quantitative estimate of drug-likeness (QED) is 0.821. The monoisotopic (exact) mass is 206 g/mol. The molecule has 0 aliphatic heterocycles. The zero-order valence-corrected chi connectivity index (χ0v) is 9.36. The van der Waals surface area contributed by atoms with Gasteiger partial charge in [0.05, 0.1) is 11.8 Å². The van der Waals surface area contributed by atoms with Gasteiger partial charge in [0, 0.05) is 24.4 Å². The summed E-state index contributed by atoms with van der Waals surface area (Å²) in [6.07, 6.45) is 4.68. The van der Waals surface area contributed by atoms with Crippen LogP contribution < -0.4 is 10.5 Å². The molecule has 0 saturated heterocycles. The fraction of sp³-hybridized carbons (Fsp3) is 0.583. The molecule has 0 atom stereocenters. The minimum absolute atomic E-state index is 0.426. The Morgan fingerprint density at radius 2 is 2.27 bits per heavy atom. The fourth-order valence-electron chi connectivity index (χ4n) is 1.50. The van der Waals surface area contributed by atoms with Crippen molar-refractivity contribution in [2.24, 2.45) is 5.73 Å². The van der Waals surface area contributed by atoms with Gasteiger partial charge in [-0.15, -0.1) is 0 Å². The van der Waals surface area contributed by atoms with Crippen molar-refractivity contribution in [2.45, 2.75) is 45.3 Å². The number of nitrogens with zero attached hydrogens (tertiary/aromatic N) is 1. The first-order chi connectivity index (χ1) is 7.20. The molecule has 82 valence electrons. The van der Waals surface area contributed by atoms with Gasteiger partial charge in [-0.05, 0) is 18.8 Å². The summed E-state index contributed by atoms with van der Waals surface area (Å²) in [5.74, 6) is 1.42. The second-order valence-corrected chi connectivity index (χ2v) is 4.39. The van der Waals surface area contributed by atoms with E-state index in [1.807, 2.05) is 12.3 Å². The van der Waals surface area contributed by atoms with Crippen LogP contribution in [0.4, 0.5) is 0 Å². The first-order valence-corrected chi connectivity index (χ1v) is 5.56. The summed E-state index contributed by atoms with van der Waals surface area (Å²) in [5.41, 5.74) is 7.65. The first-order valence-electron chi connectivity index (χ1n) is 5.56. The number of hydrogen-bond acceptors (Lipinski definition) is 3. The van der Waals surface area contributed by atoms with Gasteiger partial charge in [-0.1, -0.05) is 13.8 Å². The third kappa shape index (κ3) is 2.48. The third-order valence-electron chi connectivity index (χ3n) is 2.60. The van der Waals surface area contributed by atoms with E-state index in [0.29, 0.717) is 18.6 Å². The van der Waals surface area contributed by atoms with E-state index in [9.17, 15) is 0 Å². The van der Waals surface area contributed by atoms with Crippen LogP contribution in [-0.2, 0) is 6.54 Å². The van der Waals surface area contributed by atoms with Crippen LogP contribution in [0.15, 0.2) is 12.3 Å². The predicted molar refractivity (Wildman–Crippen MR) is 59.9 cm³/mol. The summed E-state index contributed by atoms with van der Waals surface area (Å²) in [6.45, 7) is 4.77. The van der Waals surface area contributed by atoms with Gasteiger partial charge in [-0.2, -0.15) is 0 Å². The molecule has 2 N–H and O–H groups in total. The normalized spacial score (nSPS) is 15.7. The highest BCUT2D eigenvalue weighted by Crippen LogP contribution is 2.32. The molecule has 2 rings (SSSR count). The van der Waals surface area contributed by atoms with Crippen LogP contribution in [-0.4, -0.2) is 11.1 Å². The molecule has 1 heterocycles. The van der Waals surface area contributed by atoms with Gasteiger partial charge in [-0.3, -0.25) is 4.98 Å². The average Bonchev–Trinajstić information content (AvgIpc) is 3.01. The van der Waals surface area contributed by atoms with Crippen molar-refractivity contribution < 1.29 is 4.74 Å². The number of ether oxygens (including phenoxy) is 1. The molecular weight excluding hydrogens is 188 g/mol. The molecule has 1 aromatic heterocycles. The van der Waals surface area contributed by atoms with Gasteiger partial charge in [0.15, 0.2) is 0 Å². The van der Waals surface area contributed by atoms with Crippen LogP contribution in [0.5, 0.6) is 5.75 Å². The van der Waals surface area contributed by atoms with Crippen molar-refractivity contribution in [3.63, 3.8) is 0 Å². The lowest BCUT2D eigenvalue weighted by Gasteiger charge is -2.14. The summed E-state index contributed by atoms with van der Waals surface area (Å²) < 4.78 is 5.86. The molecule has 15 heavy (non-hydrogen) atoms. The van der Waals surface area contributed by atoms with E-state index in [-0.39, 0.29) is 0 Å². The van der Waals surface area contributed by atoms with Crippen LogP contribution in [0.2, 0.25) is 0 Å². The summed E-state index contributed by atoms with van der Waals surface area (Å²) in [5, 5.41) is 0. The Morgan fingerprint density at radius 1 is 1.53 bits per heavy atom. The zero-order valence-electron chi connectivity index (χ0n) is 9.36. The van der Waals surface area contributed by atoms with Crippen LogP contribution >= 0.6 is 0 Å². The Kier molecular flexibility index (Phi) is 2.91. The van der Waals surface area contributed by atoms with Crippen LogP contribution in [0.25, 0.3) is 0 Å². The Balaban J connectivity index is 2.26. The first kappa shape index (κ1) is 10.4. The maximum atomic E-state index is 5.86. The minimum Gasteiger partial charge on any atom is -0.490 e. The van der Waals surface area contributed by atoms with Crippen LogP contribution in [0.3, 0.4) is 0 Å². The second-order valence-electron chi connectivity index (χ2n) is 4.39.